The highest BCUT2D eigenvalue weighted by Crippen LogP contribution is 2.36. The van der Waals surface area contributed by atoms with Gasteiger partial charge in [0, 0.05) is 24.9 Å². The molecule has 4 rings (SSSR count). The van der Waals surface area contributed by atoms with Crippen LogP contribution in [0.25, 0.3) is 0 Å². The number of pyridine rings is 1. The van der Waals surface area contributed by atoms with Crippen LogP contribution in [0, 0.1) is 0 Å². The maximum absolute atomic E-state index is 13.4. The van der Waals surface area contributed by atoms with Crippen molar-refractivity contribution >= 4 is 17.5 Å². The molecule has 0 radical (unpaired) electrons. The second-order valence-corrected chi connectivity index (χ2v) is 7.39. The van der Waals surface area contributed by atoms with Gasteiger partial charge in [-0.1, -0.05) is 12.1 Å². The molecular weight excluding hydrogens is 408 g/mol. The molecule has 166 valence electrons. The number of nitrogens with zero attached hydrogens (tertiary/aromatic N) is 4. The van der Waals surface area contributed by atoms with Gasteiger partial charge in [-0.3, -0.25) is 9.78 Å². The van der Waals surface area contributed by atoms with E-state index in [1.165, 1.54) is 0 Å². The van der Waals surface area contributed by atoms with E-state index in [-0.39, 0.29) is 12.5 Å². The highest BCUT2D eigenvalue weighted by Gasteiger charge is 2.34. The zero-order valence-corrected chi connectivity index (χ0v) is 18.1. The molecule has 0 unspecified atom stereocenters. The van der Waals surface area contributed by atoms with E-state index in [2.05, 4.69) is 25.7 Å². The molecule has 9 nitrogen and oxygen atoms in total. The van der Waals surface area contributed by atoms with Crippen LogP contribution < -0.4 is 15.4 Å². The third-order valence-electron chi connectivity index (χ3n) is 5.13. The van der Waals surface area contributed by atoms with Gasteiger partial charge in [0.15, 0.2) is 5.82 Å². The predicted molar refractivity (Wildman–Crippen MR) is 120 cm³/mol. The number of fused-ring (bicyclic) bond motifs is 1. The Bertz CT molecular complexity index is 1110. The lowest BCUT2D eigenvalue weighted by molar-refractivity contribution is -0.113. The highest BCUT2D eigenvalue weighted by atomic mass is 16.5. The fraction of sp³-hybridized carbons (Fsp3) is 0.304. The number of carbonyl (C=O) groups excluding carboxylic acids is 1. The smallest absolute Gasteiger partial charge is 0.255 e. The molecule has 1 aliphatic heterocycles. The van der Waals surface area contributed by atoms with Gasteiger partial charge in [0.25, 0.3) is 5.91 Å². The summed E-state index contributed by atoms with van der Waals surface area (Å²) in [7, 11) is 0. The zero-order chi connectivity index (χ0) is 22.5. The second-order valence-electron chi connectivity index (χ2n) is 7.39. The predicted octanol–water partition coefficient (Wildman–Crippen LogP) is 2.92. The van der Waals surface area contributed by atoms with Gasteiger partial charge >= 0.3 is 0 Å². The fourth-order valence-electron chi connectivity index (χ4n) is 3.69. The van der Waals surface area contributed by atoms with Crippen molar-refractivity contribution in [3.05, 3.63) is 71.4 Å². The molecule has 0 saturated carbocycles. The molecule has 1 aromatic carbocycles. The number of aliphatic hydroxyl groups excluding tert-OH is 1. The van der Waals surface area contributed by atoms with Crippen LogP contribution in [0.5, 0.6) is 5.75 Å². The van der Waals surface area contributed by atoms with Crippen molar-refractivity contribution in [1.29, 1.82) is 0 Å². The topological polar surface area (TPSA) is 114 Å². The Morgan fingerprint density at radius 2 is 2.09 bits per heavy atom. The van der Waals surface area contributed by atoms with E-state index < -0.39 is 6.04 Å². The summed E-state index contributed by atoms with van der Waals surface area (Å²) in [5.41, 5.74) is 2.71. The molecule has 0 aliphatic carbocycles. The van der Waals surface area contributed by atoms with Crippen LogP contribution in [0.2, 0.25) is 0 Å². The first-order valence-electron chi connectivity index (χ1n) is 10.6. The van der Waals surface area contributed by atoms with Crippen LogP contribution in [-0.2, 0) is 11.2 Å². The van der Waals surface area contributed by atoms with Crippen molar-refractivity contribution in [2.45, 2.75) is 32.7 Å². The molecule has 3 aromatic rings. The molecule has 1 amide bonds. The summed E-state index contributed by atoms with van der Waals surface area (Å²) in [5, 5.41) is 20.0. The minimum Gasteiger partial charge on any atom is -0.494 e. The summed E-state index contributed by atoms with van der Waals surface area (Å²) in [5.74, 6) is 1.68. The Labute approximate surface area is 186 Å². The van der Waals surface area contributed by atoms with Gasteiger partial charge in [0.05, 0.1) is 24.1 Å². The lowest BCUT2D eigenvalue weighted by Gasteiger charge is -2.28. The number of nitrogens with one attached hydrogen (secondary N) is 2. The number of anilines is 2. The normalized spacial score (nSPS) is 15.2. The standard InChI is InChI=1S/C23H26N6O3/c1-3-32-18-10-8-16(9-11-18)21-20(22(31)26-17-6-4-12-24-14-17)15(2)25-23-27-19(7-5-13-30)28-29(21)23/h4,6,8-12,14,21,30H,3,5,7,13H2,1-2H3,(H,26,31)(H,25,27,28)/t21-/m1/s1. The number of benzene rings is 1. The molecule has 9 heteroatoms. The highest BCUT2D eigenvalue weighted by molar-refractivity contribution is 6.05. The maximum Gasteiger partial charge on any atom is 0.255 e. The monoisotopic (exact) mass is 434 g/mol. The molecule has 0 bridgehead atoms. The van der Waals surface area contributed by atoms with E-state index in [1.807, 2.05) is 38.1 Å². The zero-order valence-electron chi connectivity index (χ0n) is 18.1. The number of amides is 1. The summed E-state index contributed by atoms with van der Waals surface area (Å²) in [6.45, 7) is 4.43. The average Bonchev–Trinajstić information content (AvgIpc) is 3.20. The molecule has 1 aliphatic rings. The molecule has 1 atom stereocenters. The van der Waals surface area contributed by atoms with E-state index in [9.17, 15) is 9.90 Å². The van der Waals surface area contributed by atoms with Gasteiger partial charge in [-0.2, -0.15) is 10.1 Å². The Hall–Kier alpha value is -3.72. The summed E-state index contributed by atoms with van der Waals surface area (Å²) in [6, 6.07) is 10.7. The molecular formula is C23H26N6O3. The first-order valence-corrected chi connectivity index (χ1v) is 10.6. The van der Waals surface area contributed by atoms with E-state index in [0.29, 0.717) is 48.2 Å². The summed E-state index contributed by atoms with van der Waals surface area (Å²) in [4.78, 5) is 22.0. The van der Waals surface area contributed by atoms with Crippen LogP contribution in [0.1, 0.15) is 37.7 Å². The summed E-state index contributed by atoms with van der Waals surface area (Å²) >= 11 is 0. The van der Waals surface area contributed by atoms with Crippen LogP contribution in [-0.4, -0.2) is 44.0 Å². The van der Waals surface area contributed by atoms with E-state index >= 15 is 0 Å². The van der Waals surface area contributed by atoms with Crippen LogP contribution in [0.3, 0.4) is 0 Å². The molecule has 0 saturated heterocycles. The third-order valence-corrected chi connectivity index (χ3v) is 5.13. The number of carbonyl (C=O) groups is 1. The first-order chi connectivity index (χ1) is 15.6. The minimum atomic E-state index is -0.478. The molecule has 0 fully saturated rings. The number of hydrogen-bond donors (Lipinski definition) is 3. The van der Waals surface area contributed by atoms with Gasteiger partial charge in [0.2, 0.25) is 5.95 Å². The number of ether oxygens (including phenoxy) is 1. The number of aliphatic hydroxyl groups is 1. The second kappa shape index (κ2) is 9.61. The van der Waals surface area contributed by atoms with Crippen molar-refractivity contribution in [3.8, 4) is 5.75 Å². The van der Waals surface area contributed by atoms with Crippen molar-refractivity contribution in [1.82, 2.24) is 19.7 Å². The molecule has 32 heavy (non-hydrogen) atoms. The number of hydrogen-bond acceptors (Lipinski definition) is 7. The van der Waals surface area contributed by atoms with E-state index in [4.69, 9.17) is 4.74 Å². The summed E-state index contributed by atoms with van der Waals surface area (Å²) in [6.07, 6.45) is 4.37. The van der Waals surface area contributed by atoms with Crippen LogP contribution >= 0.6 is 0 Å². The fourth-order valence-corrected chi connectivity index (χ4v) is 3.69. The third kappa shape index (κ3) is 4.47. The lowest BCUT2D eigenvalue weighted by atomic mass is 9.95. The van der Waals surface area contributed by atoms with Crippen molar-refractivity contribution in [3.63, 3.8) is 0 Å². The van der Waals surface area contributed by atoms with Gasteiger partial charge < -0.3 is 20.5 Å². The quantitative estimate of drug-likeness (QED) is 0.499. The number of aromatic nitrogens is 4. The van der Waals surface area contributed by atoms with Gasteiger partial charge in [-0.05, 0) is 50.1 Å². The summed E-state index contributed by atoms with van der Waals surface area (Å²) < 4.78 is 7.30. The van der Waals surface area contributed by atoms with Crippen LogP contribution in [0.15, 0.2) is 60.1 Å². The van der Waals surface area contributed by atoms with E-state index in [1.54, 1.807) is 29.2 Å². The Morgan fingerprint density at radius 3 is 2.78 bits per heavy atom. The Kier molecular flexibility index (Phi) is 6.46. The molecule has 3 N–H and O–H groups in total. The average molecular weight is 435 g/mol. The van der Waals surface area contributed by atoms with Crippen LogP contribution in [0.4, 0.5) is 11.6 Å². The lowest BCUT2D eigenvalue weighted by Crippen LogP contribution is -2.31. The molecule has 3 heterocycles. The number of rotatable bonds is 8. The Balaban J connectivity index is 1.74. The molecule has 0 spiro atoms. The largest absolute Gasteiger partial charge is 0.494 e. The molecule has 2 aromatic heterocycles. The minimum absolute atomic E-state index is 0.0651. The van der Waals surface area contributed by atoms with Crippen molar-refractivity contribution in [2.75, 3.05) is 23.8 Å². The number of allylic oxidation sites excluding steroid dienone is 1. The number of aryl methyl sites for hydroxylation is 1. The van der Waals surface area contributed by atoms with Crippen molar-refractivity contribution < 1.29 is 14.6 Å². The van der Waals surface area contributed by atoms with E-state index in [0.717, 1.165) is 11.3 Å². The van der Waals surface area contributed by atoms with Gasteiger partial charge in [-0.15, -0.1) is 0 Å². The van der Waals surface area contributed by atoms with Crippen molar-refractivity contribution in [2.24, 2.45) is 0 Å². The van der Waals surface area contributed by atoms with Gasteiger partial charge in [0.1, 0.15) is 11.8 Å². The Morgan fingerprint density at radius 1 is 1.28 bits per heavy atom. The SMILES string of the molecule is CCOc1ccc([C@@H]2C(C(=O)Nc3cccnc3)=C(C)Nc3nc(CCCO)nn32)cc1. The maximum atomic E-state index is 13.4. The first kappa shape index (κ1) is 21.5. The van der Waals surface area contributed by atoms with Gasteiger partial charge in [-0.25, -0.2) is 4.68 Å².